The maximum Gasteiger partial charge on any atom is 0.255 e. The largest absolute Gasteiger partial charge is 0.455 e. The van der Waals surface area contributed by atoms with E-state index < -0.39 is 0 Å². The van der Waals surface area contributed by atoms with Crippen molar-refractivity contribution >= 4 is 16.9 Å². The van der Waals surface area contributed by atoms with Crippen LogP contribution in [0.2, 0.25) is 0 Å². The normalized spacial score (nSPS) is 12.6. The van der Waals surface area contributed by atoms with E-state index in [1.807, 2.05) is 12.1 Å². The number of hydrogen-bond acceptors (Lipinski definition) is 3. The molecule has 1 N–H and O–H groups in total. The zero-order valence-electron chi connectivity index (χ0n) is 21.9. The van der Waals surface area contributed by atoms with Gasteiger partial charge in [0.2, 0.25) is 0 Å². The van der Waals surface area contributed by atoms with Crippen LogP contribution in [0.1, 0.15) is 68.6 Å². The molecule has 1 aromatic heterocycles. The summed E-state index contributed by atoms with van der Waals surface area (Å²) >= 11 is 0. The minimum Gasteiger partial charge on any atom is -0.455 e. The summed E-state index contributed by atoms with van der Waals surface area (Å²) in [5, 5.41) is 3.47. The second-order valence-corrected chi connectivity index (χ2v) is 10.1. The van der Waals surface area contributed by atoms with Crippen molar-refractivity contribution in [1.82, 2.24) is 5.32 Å². The number of rotatable bonds is 7. The lowest BCUT2D eigenvalue weighted by atomic mass is 9.92. The van der Waals surface area contributed by atoms with Gasteiger partial charge < -0.3 is 14.5 Å². The van der Waals surface area contributed by atoms with E-state index in [-0.39, 0.29) is 23.4 Å². The standard InChI is InChI=1S/C31H34FNO3/c1-7-9-22-17-27-26(28(30(34)33-6)29(35-27)20-12-14-24(32)15-13-20)18-25(22)23-11-8-10-21(16-23)19(2)36-31(3,4)5/h8,10-19H,7,9H2,1-6H3,(H,33,34). The van der Waals surface area contributed by atoms with Crippen molar-refractivity contribution in [3.63, 3.8) is 0 Å². The van der Waals surface area contributed by atoms with Gasteiger partial charge in [-0.15, -0.1) is 0 Å². The van der Waals surface area contributed by atoms with Crippen LogP contribution < -0.4 is 5.32 Å². The number of aryl methyl sites for hydroxylation is 1. The van der Waals surface area contributed by atoms with Crippen molar-refractivity contribution in [3.05, 3.63) is 83.2 Å². The van der Waals surface area contributed by atoms with Gasteiger partial charge in [0.1, 0.15) is 17.2 Å². The van der Waals surface area contributed by atoms with Gasteiger partial charge in [-0.2, -0.15) is 0 Å². The predicted molar refractivity (Wildman–Crippen MR) is 144 cm³/mol. The van der Waals surface area contributed by atoms with Crippen LogP contribution in [0.25, 0.3) is 33.4 Å². The second-order valence-electron chi connectivity index (χ2n) is 10.1. The van der Waals surface area contributed by atoms with E-state index in [4.69, 9.17) is 9.15 Å². The topological polar surface area (TPSA) is 51.5 Å². The summed E-state index contributed by atoms with van der Waals surface area (Å²) in [4.78, 5) is 13.0. The summed E-state index contributed by atoms with van der Waals surface area (Å²) in [5.41, 5.74) is 5.85. The Hall–Kier alpha value is -3.44. The van der Waals surface area contributed by atoms with Gasteiger partial charge in [0.15, 0.2) is 0 Å². The average Bonchev–Trinajstić information content (AvgIpc) is 3.21. The Morgan fingerprint density at radius 3 is 2.42 bits per heavy atom. The molecule has 188 valence electrons. The molecule has 3 aromatic carbocycles. The maximum absolute atomic E-state index is 13.6. The van der Waals surface area contributed by atoms with Crippen LogP contribution in [-0.4, -0.2) is 18.6 Å². The molecular formula is C31H34FNO3. The second kappa shape index (κ2) is 10.3. The Labute approximate surface area is 212 Å². The van der Waals surface area contributed by atoms with Crippen LogP contribution in [0.4, 0.5) is 4.39 Å². The highest BCUT2D eigenvalue weighted by molar-refractivity contribution is 6.12. The van der Waals surface area contributed by atoms with Crippen molar-refractivity contribution in [1.29, 1.82) is 0 Å². The summed E-state index contributed by atoms with van der Waals surface area (Å²) in [6.07, 6.45) is 1.77. The first-order chi connectivity index (χ1) is 17.1. The molecule has 0 radical (unpaired) electrons. The number of amides is 1. The minimum atomic E-state index is -0.339. The van der Waals surface area contributed by atoms with Crippen molar-refractivity contribution < 1.29 is 18.3 Å². The Balaban J connectivity index is 1.91. The number of fused-ring (bicyclic) bond motifs is 1. The van der Waals surface area contributed by atoms with Crippen LogP contribution in [-0.2, 0) is 11.2 Å². The molecule has 4 rings (SSSR count). The predicted octanol–water partition coefficient (Wildman–Crippen LogP) is 8.09. The third-order valence-electron chi connectivity index (χ3n) is 6.19. The molecule has 0 fully saturated rings. The minimum absolute atomic E-state index is 0.0660. The van der Waals surface area contributed by atoms with E-state index in [1.165, 1.54) is 12.1 Å². The van der Waals surface area contributed by atoms with Crippen molar-refractivity contribution in [3.8, 4) is 22.5 Å². The number of ether oxygens (including phenoxy) is 1. The van der Waals surface area contributed by atoms with Gasteiger partial charge in [-0.25, -0.2) is 4.39 Å². The molecule has 0 aliphatic carbocycles. The van der Waals surface area contributed by atoms with Crippen molar-refractivity contribution in [2.24, 2.45) is 0 Å². The van der Waals surface area contributed by atoms with E-state index in [2.05, 4.69) is 64.2 Å². The SMILES string of the molecule is CCCc1cc2oc(-c3ccc(F)cc3)c(C(=O)NC)c2cc1-c1cccc(C(C)OC(C)(C)C)c1. The molecule has 4 nitrogen and oxygen atoms in total. The molecule has 1 atom stereocenters. The van der Waals surface area contributed by atoms with Crippen molar-refractivity contribution in [2.45, 2.75) is 59.2 Å². The van der Waals surface area contributed by atoms with Gasteiger partial charge in [-0.05, 0) is 98.8 Å². The molecule has 0 saturated carbocycles. The van der Waals surface area contributed by atoms with Crippen LogP contribution in [0.3, 0.4) is 0 Å². The number of benzene rings is 3. The number of halogens is 1. The molecule has 0 aliphatic rings. The highest BCUT2D eigenvalue weighted by Crippen LogP contribution is 2.39. The Morgan fingerprint density at radius 2 is 1.78 bits per heavy atom. The molecule has 1 unspecified atom stereocenters. The summed E-state index contributed by atoms with van der Waals surface area (Å²) < 4.78 is 26.0. The number of carbonyl (C=O) groups excluding carboxylic acids is 1. The highest BCUT2D eigenvalue weighted by atomic mass is 19.1. The first-order valence-electron chi connectivity index (χ1n) is 12.5. The summed E-state index contributed by atoms with van der Waals surface area (Å²) in [7, 11) is 1.60. The van der Waals surface area contributed by atoms with Crippen LogP contribution >= 0.6 is 0 Å². The first kappa shape index (κ1) is 25.6. The van der Waals surface area contributed by atoms with Gasteiger partial charge in [0, 0.05) is 18.0 Å². The molecule has 36 heavy (non-hydrogen) atoms. The fourth-order valence-electron chi connectivity index (χ4n) is 4.64. The summed E-state index contributed by atoms with van der Waals surface area (Å²) in [5.74, 6) is -0.151. The van der Waals surface area contributed by atoms with Crippen LogP contribution in [0.5, 0.6) is 0 Å². The number of carbonyl (C=O) groups is 1. The zero-order valence-corrected chi connectivity index (χ0v) is 21.9. The third-order valence-corrected chi connectivity index (χ3v) is 6.19. The fraction of sp³-hybridized carbons (Fsp3) is 0.323. The summed E-state index contributed by atoms with van der Waals surface area (Å²) in [6.45, 7) is 10.4. The fourth-order valence-corrected chi connectivity index (χ4v) is 4.64. The highest BCUT2D eigenvalue weighted by Gasteiger charge is 2.24. The molecule has 0 bridgehead atoms. The summed E-state index contributed by atoms with van der Waals surface area (Å²) in [6, 6.07) is 18.5. The van der Waals surface area contributed by atoms with Crippen LogP contribution in [0, 0.1) is 5.82 Å². The molecule has 1 amide bonds. The van der Waals surface area contributed by atoms with Gasteiger partial charge in [0.25, 0.3) is 5.91 Å². The van der Waals surface area contributed by atoms with Crippen molar-refractivity contribution in [2.75, 3.05) is 7.05 Å². The maximum atomic E-state index is 13.6. The Bertz CT molecular complexity index is 1380. The lowest BCUT2D eigenvalue weighted by Gasteiger charge is -2.25. The third kappa shape index (κ3) is 5.36. The van der Waals surface area contributed by atoms with E-state index in [9.17, 15) is 9.18 Å². The number of nitrogens with one attached hydrogen (secondary N) is 1. The molecule has 0 aliphatic heterocycles. The molecule has 4 aromatic rings. The Kier molecular flexibility index (Phi) is 7.32. The smallest absolute Gasteiger partial charge is 0.255 e. The lowest BCUT2D eigenvalue weighted by Crippen LogP contribution is -2.21. The van der Waals surface area contributed by atoms with E-state index >= 15 is 0 Å². The van der Waals surface area contributed by atoms with E-state index in [0.717, 1.165) is 40.5 Å². The lowest BCUT2D eigenvalue weighted by molar-refractivity contribution is -0.0529. The average molecular weight is 488 g/mol. The van der Waals surface area contributed by atoms with Gasteiger partial charge in [-0.3, -0.25) is 4.79 Å². The van der Waals surface area contributed by atoms with E-state index in [0.29, 0.717) is 22.5 Å². The van der Waals surface area contributed by atoms with Gasteiger partial charge in [0.05, 0.1) is 17.3 Å². The molecule has 5 heteroatoms. The van der Waals surface area contributed by atoms with E-state index in [1.54, 1.807) is 19.2 Å². The Morgan fingerprint density at radius 1 is 1.06 bits per heavy atom. The molecule has 1 heterocycles. The van der Waals surface area contributed by atoms with Crippen LogP contribution in [0.15, 0.2) is 65.1 Å². The monoisotopic (exact) mass is 487 g/mol. The van der Waals surface area contributed by atoms with Gasteiger partial charge in [-0.1, -0.05) is 31.5 Å². The van der Waals surface area contributed by atoms with Gasteiger partial charge >= 0.3 is 0 Å². The number of furan rings is 1. The number of hydrogen-bond donors (Lipinski definition) is 1. The molecule has 0 saturated heterocycles. The zero-order chi connectivity index (χ0) is 26.0. The molecular weight excluding hydrogens is 453 g/mol. The first-order valence-corrected chi connectivity index (χ1v) is 12.5. The molecule has 0 spiro atoms. The quantitative estimate of drug-likeness (QED) is 0.287.